The molecular formula is C22H32Cl2N4O2. The van der Waals surface area contributed by atoms with Crippen LogP contribution in [0.25, 0.3) is 10.9 Å². The standard InChI is InChI=1S/C22H30N4O2.2ClH/c1-25(14-16-6-7-19(28-3)20-17(16)5-4-10-24-20)21(27)18-13-22(15-26(18)2)8-11-23-12-9-22;;/h4-7,10,18,23H,8-9,11-15H2,1-3H3;2*1H. The van der Waals surface area contributed by atoms with E-state index in [1.54, 1.807) is 13.3 Å². The molecule has 1 aromatic heterocycles. The number of halogens is 2. The van der Waals surface area contributed by atoms with Crippen molar-refractivity contribution in [2.24, 2.45) is 5.41 Å². The van der Waals surface area contributed by atoms with Crippen molar-refractivity contribution >= 4 is 41.6 Å². The number of hydrogen-bond acceptors (Lipinski definition) is 5. The summed E-state index contributed by atoms with van der Waals surface area (Å²) in [4.78, 5) is 21.9. The summed E-state index contributed by atoms with van der Waals surface area (Å²) >= 11 is 0. The number of nitrogens with one attached hydrogen (secondary N) is 1. The maximum atomic E-state index is 13.3. The molecule has 0 saturated carbocycles. The molecule has 1 atom stereocenters. The summed E-state index contributed by atoms with van der Waals surface area (Å²) in [6.45, 7) is 3.73. The van der Waals surface area contributed by atoms with Crippen LogP contribution in [0, 0.1) is 5.41 Å². The Labute approximate surface area is 191 Å². The summed E-state index contributed by atoms with van der Waals surface area (Å²) in [6, 6.07) is 7.93. The monoisotopic (exact) mass is 454 g/mol. The molecule has 0 aliphatic carbocycles. The predicted molar refractivity (Wildman–Crippen MR) is 125 cm³/mol. The third-order valence-corrected chi connectivity index (χ3v) is 6.52. The molecule has 2 aliphatic heterocycles. The summed E-state index contributed by atoms with van der Waals surface area (Å²) in [6.07, 6.45) is 5.08. The average Bonchev–Trinajstić information content (AvgIpc) is 3.03. The Hall–Kier alpha value is -1.60. The van der Waals surface area contributed by atoms with Crippen LogP contribution in [0.5, 0.6) is 5.75 Å². The molecule has 6 nitrogen and oxygen atoms in total. The summed E-state index contributed by atoms with van der Waals surface area (Å²) in [5.41, 5.74) is 2.24. The molecule has 2 fully saturated rings. The molecule has 1 unspecified atom stereocenters. The first-order chi connectivity index (χ1) is 13.5. The number of methoxy groups -OCH3 is 1. The SMILES string of the molecule is COc1ccc(CN(C)C(=O)C2CC3(CCNCC3)CN2C)c2cccnc12.Cl.Cl. The van der Waals surface area contributed by atoms with Gasteiger partial charge >= 0.3 is 0 Å². The Balaban J connectivity index is 0.00000160. The third kappa shape index (κ3) is 4.67. The number of rotatable bonds is 4. The van der Waals surface area contributed by atoms with Crippen molar-refractivity contribution < 1.29 is 9.53 Å². The Morgan fingerprint density at radius 2 is 2.03 bits per heavy atom. The van der Waals surface area contributed by atoms with Crippen molar-refractivity contribution in [3.63, 3.8) is 0 Å². The van der Waals surface area contributed by atoms with Gasteiger partial charge in [0.25, 0.3) is 0 Å². The van der Waals surface area contributed by atoms with Gasteiger partial charge in [0.2, 0.25) is 5.91 Å². The number of nitrogens with zero attached hydrogens (tertiary/aromatic N) is 3. The minimum atomic E-state index is -0.0225. The van der Waals surface area contributed by atoms with Crippen molar-refractivity contribution in [3.05, 3.63) is 36.0 Å². The molecule has 2 aliphatic rings. The Bertz CT molecular complexity index is 873. The highest BCUT2D eigenvalue weighted by atomic mass is 35.5. The lowest BCUT2D eigenvalue weighted by Crippen LogP contribution is -2.42. The smallest absolute Gasteiger partial charge is 0.239 e. The summed E-state index contributed by atoms with van der Waals surface area (Å²) in [5, 5.41) is 4.48. The van der Waals surface area contributed by atoms with Crippen LogP contribution in [0.1, 0.15) is 24.8 Å². The zero-order chi connectivity index (χ0) is 19.7. The van der Waals surface area contributed by atoms with Crippen LogP contribution in [-0.2, 0) is 11.3 Å². The van der Waals surface area contributed by atoms with Crippen molar-refractivity contribution in [1.82, 2.24) is 20.1 Å². The van der Waals surface area contributed by atoms with Gasteiger partial charge in [0, 0.05) is 31.7 Å². The molecule has 0 bridgehead atoms. The van der Waals surface area contributed by atoms with E-state index in [1.165, 1.54) is 12.8 Å². The van der Waals surface area contributed by atoms with Gasteiger partial charge in [0.15, 0.2) is 0 Å². The van der Waals surface area contributed by atoms with Crippen LogP contribution in [0.3, 0.4) is 0 Å². The summed E-state index contributed by atoms with van der Waals surface area (Å²) in [5.74, 6) is 0.975. The second-order valence-corrected chi connectivity index (χ2v) is 8.41. The lowest BCUT2D eigenvalue weighted by Gasteiger charge is -2.33. The molecule has 1 N–H and O–H groups in total. The quantitative estimate of drug-likeness (QED) is 0.768. The third-order valence-electron chi connectivity index (χ3n) is 6.52. The minimum Gasteiger partial charge on any atom is -0.494 e. The second-order valence-electron chi connectivity index (χ2n) is 8.41. The second kappa shape index (κ2) is 10.1. The number of pyridine rings is 1. The molecule has 2 aromatic rings. The van der Waals surface area contributed by atoms with E-state index in [-0.39, 0.29) is 36.8 Å². The lowest BCUT2D eigenvalue weighted by atomic mass is 9.77. The number of fused-ring (bicyclic) bond motifs is 1. The highest BCUT2D eigenvalue weighted by Gasteiger charge is 2.46. The van der Waals surface area contributed by atoms with Gasteiger partial charge in [-0.3, -0.25) is 14.7 Å². The molecule has 2 saturated heterocycles. The van der Waals surface area contributed by atoms with Crippen molar-refractivity contribution in [2.45, 2.75) is 31.8 Å². The largest absolute Gasteiger partial charge is 0.494 e. The molecule has 1 amide bonds. The fraction of sp³-hybridized carbons (Fsp3) is 0.545. The maximum Gasteiger partial charge on any atom is 0.239 e. The number of hydrogen-bond donors (Lipinski definition) is 1. The van der Waals surface area contributed by atoms with Crippen LogP contribution in [0.2, 0.25) is 0 Å². The zero-order valence-electron chi connectivity index (χ0n) is 17.9. The minimum absolute atomic E-state index is 0. The molecule has 4 rings (SSSR count). The van der Waals surface area contributed by atoms with Gasteiger partial charge in [-0.25, -0.2) is 0 Å². The fourth-order valence-corrected chi connectivity index (χ4v) is 4.96. The number of benzene rings is 1. The van der Waals surface area contributed by atoms with E-state index < -0.39 is 0 Å². The topological polar surface area (TPSA) is 57.7 Å². The van der Waals surface area contributed by atoms with Crippen molar-refractivity contribution in [2.75, 3.05) is 40.8 Å². The van der Waals surface area contributed by atoms with E-state index in [9.17, 15) is 4.79 Å². The first-order valence-electron chi connectivity index (χ1n) is 10.1. The summed E-state index contributed by atoms with van der Waals surface area (Å²) in [7, 11) is 5.67. The number of ether oxygens (including phenoxy) is 1. The van der Waals surface area contributed by atoms with Crippen LogP contribution in [0.4, 0.5) is 0 Å². The van der Waals surface area contributed by atoms with Crippen molar-refractivity contribution in [1.29, 1.82) is 0 Å². The molecule has 30 heavy (non-hydrogen) atoms. The van der Waals surface area contributed by atoms with Crippen LogP contribution in [-0.4, -0.2) is 67.6 Å². The normalized spacial score (nSPS) is 20.4. The van der Waals surface area contributed by atoms with Crippen molar-refractivity contribution in [3.8, 4) is 5.75 Å². The van der Waals surface area contributed by atoms with Gasteiger partial charge in [0.1, 0.15) is 11.3 Å². The number of aromatic nitrogens is 1. The maximum absolute atomic E-state index is 13.3. The van der Waals surface area contributed by atoms with Gasteiger partial charge in [-0.05, 0) is 62.5 Å². The Kier molecular flexibility index (Phi) is 8.34. The van der Waals surface area contributed by atoms with Crippen LogP contribution < -0.4 is 10.1 Å². The lowest BCUT2D eigenvalue weighted by molar-refractivity contribution is -0.134. The van der Waals surface area contributed by atoms with E-state index in [4.69, 9.17) is 4.74 Å². The highest BCUT2D eigenvalue weighted by Crippen LogP contribution is 2.41. The molecule has 0 radical (unpaired) electrons. The van der Waals surface area contributed by atoms with E-state index in [0.29, 0.717) is 12.0 Å². The van der Waals surface area contributed by atoms with Gasteiger partial charge in [-0.1, -0.05) is 12.1 Å². The predicted octanol–water partition coefficient (Wildman–Crippen LogP) is 3.12. The number of likely N-dealkylation sites (tertiary alicyclic amines) is 1. The number of likely N-dealkylation sites (N-methyl/N-ethyl adjacent to an activating group) is 2. The zero-order valence-corrected chi connectivity index (χ0v) is 19.5. The van der Waals surface area contributed by atoms with Crippen LogP contribution in [0.15, 0.2) is 30.5 Å². The van der Waals surface area contributed by atoms with Gasteiger partial charge in [-0.15, -0.1) is 24.8 Å². The van der Waals surface area contributed by atoms with Crippen LogP contribution >= 0.6 is 24.8 Å². The first kappa shape index (κ1) is 24.7. The van der Waals surface area contributed by atoms with E-state index >= 15 is 0 Å². The molecule has 1 aromatic carbocycles. The number of carbonyl (C=O) groups is 1. The van der Waals surface area contributed by atoms with E-state index in [1.807, 2.05) is 36.2 Å². The number of piperidine rings is 1. The van der Waals surface area contributed by atoms with Gasteiger partial charge < -0.3 is 15.0 Å². The highest BCUT2D eigenvalue weighted by molar-refractivity contribution is 5.88. The molecule has 3 heterocycles. The fourth-order valence-electron chi connectivity index (χ4n) is 4.96. The molecule has 1 spiro atoms. The Morgan fingerprint density at radius 3 is 2.73 bits per heavy atom. The van der Waals surface area contributed by atoms with E-state index in [0.717, 1.165) is 48.3 Å². The van der Waals surface area contributed by atoms with Gasteiger partial charge in [-0.2, -0.15) is 0 Å². The number of amides is 1. The molecular weight excluding hydrogens is 423 g/mol. The van der Waals surface area contributed by atoms with Gasteiger partial charge in [0.05, 0.1) is 13.2 Å². The number of carbonyl (C=O) groups excluding carboxylic acids is 1. The molecule has 8 heteroatoms. The summed E-state index contributed by atoms with van der Waals surface area (Å²) < 4.78 is 5.44. The first-order valence-corrected chi connectivity index (χ1v) is 10.1. The average molecular weight is 455 g/mol. The Morgan fingerprint density at radius 1 is 1.30 bits per heavy atom. The van der Waals surface area contributed by atoms with E-state index in [2.05, 4.69) is 22.2 Å². The molecule has 166 valence electrons.